The van der Waals surface area contributed by atoms with Gasteiger partial charge in [-0.2, -0.15) is 5.10 Å². The van der Waals surface area contributed by atoms with Crippen molar-refractivity contribution < 1.29 is 14.4 Å². The minimum Gasteiger partial charge on any atom is -0.326 e. The van der Waals surface area contributed by atoms with Crippen LogP contribution in [-0.4, -0.2) is 40.4 Å². The summed E-state index contributed by atoms with van der Waals surface area (Å²) in [6, 6.07) is 16.9. The zero-order chi connectivity index (χ0) is 21.7. The number of hydrogen-bond donors (Lipinski definition) is 1. The lowest BCUT2D eigenvalue weighted by molar-refractivity contribution is -0.131. The monoisotopic (exact) mass is 406 g/mol. The molecule has 0 bridgehead atoms. The van der Waals surface area contributed by atoms with Crippen molar-refractivity contribution >= 4 is 29.1 Å². The van der Waals surface area contributed by atoms with Crippen LogP contribution in [0.15, 0.2) is 59.7 Å². The van der Waals surface area contributed by atoms with Crippen LogP contribution in [0.2, 0.25) is 0 Å². The molecule has 0 saturated carbocycles. The van der Waals surface area contributed by atoms with E-state index in [9.17, 15) is 14.4 Å². The molecule has 7 nitrogen and oxygen atoms in total. The molecule has 2 aromatic rings. The molecule has 1 atom stereocenters. The lowest BCUT2D eigenvalue weighted by Gasteiger charge is -2.31. The van der Waals surface area contributed by atoms with E-state index in [0.29, 0.717) is 24.4 Å². The number of amides is 3. The second-order valence-electron chi connectivity index (χ2n) is 7.37. The fourth-order valence-electron chi connectivity index (χ4n) is 3.41. The summed E-state index contributed by atoms with van der Waals surface area (Å²) in [5, 5.41) is 8.23. The Hall–Kier alpha value is -3.48. The summed E-state index contributed by atoms with van der Waals surface area (Å²) in [6.07, 6.45) is 0.596. The number of nitrogens with zero attached hydrogens (tertiary/aromatic N) is 3. The molecule has 0 aromatic heterocycles. The first-order valence-electron chi connectivity index (χ1n) is 9.91. The predicted octanol–water partition coefficient (Wildman–Crippen LogP) is 3.34. The molecule has 0 fully saturated rings. The summed E-state index contributed by atoms with van der Waals surface area (Å²) in [7, 11) is 1.57. The van der Waals surface area contributed by atoms with Crippen LogP contribution in [-0.2, 0) is 20.9 Å². The largest absolute Gasteiger partial charge is 0.326 e. The molecular weight excluding hydrogens is 380 g/mol. The quantitative estimate of drug-likeness (QED) is 0.799. The summed E-state index contributed by atoms with van der Waals surface area (Å²) >= 11 is 0. The minimum atomic E-state index is -0.267. The van der Waals surface area contributed by atoms with Gasteiger partial charge in [0.15, 0.2) is 0 Å². The van der Waals surface area contributed by atoms with E-state index in [2.05, 4.69) is 10.4 Å². The van der Waals surface area contributed by atoms with Crippen molar-refractivity contribution in [2.75, 3.05) is 12.4 Å². The molecule has 0 spiro atoms. The molecule has 1 unspecified atom stereocenters. The molecule has 2 aromatic carbocycles. The SMILES string of the molecule is CC(=O)Nc1cccc(C(C)N(Cc2ccccc2)C(=O)C2=NN(C)C(=O)CC2)c1. The van der Waals surface area contributed by atoms with Crippen molar-refractivity contribution in [1.29, 1.82) is 0 Å². The molecular formula is C23H26N4O3. The number of carbonyl (C=O) groups is 3. The van der Waals surface area contributed by atoms with Gasteiger partial charge in [0, 0.05) is 39.0 Å². The Morgan fingerprint density at radius 2 is 1.87 bits per heavy atom. The second-order valence-corrected chi connectivity index (χ2v) is 7.37. The average molecular weight is 406 g/mol. The highest BCUT2D eigenvalue weighted by molar-refractivity contribution is 6.39. The van der Waals surface area contributed by atoms with Gasteiger partial charge in [0.05, 0.1) is 6.04 Å². The maximum Gasteiger partial charge on any atom is 0.270 e. The highest BCUT2D eigenvalue weighted by Gasteiger charge is 2.29. The van der Waals surface area contributed by atoms with Gasteiger partial charge in [0.25, 0.3) is 5.91 Å². The van der Waals surface area contributed by atoms with Crippen molar-refractivity contribution in [3.63, 3.8) is 0 Å². The highest BCUT2D eigenvalue weighted by Crippen LogP contribution is 2.26. The van der Waals surface area contributed by atoms with E-state index in [1.54, 1.807) is 11.9 Å². The molecule has 0 saturated heterocycles. The normalized spacial score (nSPS) is 14.7. The maximum atomic E-state index is 13.4. The molecule has 1 aliphatic heterocycles. The smallest absolute Gasteiger partial charge is 0.270 e. The number of benzene rings is 2. The van der Waals surface area contributed by atoms with Crippen LogP contribution in [0.4, 0.5) is 5.69 Å². The first-order valence-corrected chi connectivity index (χ1v) is 9.91. The van der Waals surface area contributed by atoms with Crippen molar-refractivity contribution in [3.8, 4) is 0 Å². The summed E-state index contributed by atoms with van der Waals surface area (Å²) in [5.74, 6) is -0.450. The van der Waals surface area contributed by atoms with Crippen molar-refractivity contribution in [2.45, 2.75) is 39.3 Å². The minimum absolute atomic E-state index is 0.0998. The number of hydrogen-bond acceptors (Lipinski definition) is 4. The van der Waals surface area contributed by atoms with Crippen LogP contribution >= 0.6 is 0 Å². The number of nitrogens with one attached hydrogen (secondary N) is 1. The van der Waals surface area contributed by atoms with Crippen molar-refractivity contribution in [3.05, 3.63) is 65.7 Å². The van der Waals surface area contributed by atoms with Crippen LogP contribution in [0.3, 0.4) is 0 Å². The summed E-state index contributed by atoms with van der Waals surface area (Å²) in [5.41, 5.74) is 2.94. The third-order valence-corrected chi connectivity index (χ3v) is 5.07. The zero-order valence-electron chi connectivity index (χ0n) is 17.5. The molecule has 156 valence electrons. The van der Waals surface area contributed by atoms with E-state index < -0.39 is 0 Å². The fraction of sp³-hybridized carbons (Fsp3) is 0.304. The Bertz CT molecular complexity index is 971. The summed E-state index contributed by atoms with van der Waals surface area (Å²) in [6.45, 7) is 3.81. The molecule has 30 heavy (non-hydrogen) atoms. The molecule has 7 heteroatoms. The van der Waals surface area contributed by atoms with Gasteiger partial charge in [-0.15, -0.1) is 0 Å². The van der Waals surface area contributed by atoms with E-state index >= 15 is 0 Å². The van der Waals surface area contributed by atoms with Gasteiger partial charge in [0.2, 0.25) is 11.8 Å². The van der Waals surface area contributed by atoms with Gasteiger partial charge in [-0.05, 0) is 30.2 Å². The number of hydrazone groups is 1. The number of carbonyl (C=O) groups excluding carboxylic acids is 3. The molecule has 1 heterocycles. The molecule has 0 radical (unpaired) electrons. The lowest BCUT2D eigenvalue weighted by atomic mass is 10.0. The molecule has 1 N–H and O–H groups in total. The first-order chi connectivity index (χ1) is 14.3. The third-order valence-electron chi connectivity index (χ3n) is 5.07. The van der Waals surface area contributed by atoms with Crippen LogP contribution in [0, 0.1) is 0 Å². The van der Waals surface area contributed by atoms with Crippen LogP contribution in [0.5, 0.6) is 0 Å². The Morgan fingerprint density at radius 1 is 1.13 bits per heavy atom. The van der Waals surface area contributed by atoms with Crippen LogP contribution in [0.1, 0.15) is 43.9 Å². The van der Waals surface area contributed by atoms with Gasteiger partial charge < -0.3 is 10.2 Å². The fourth-order valence-corrected chi connectivity index (χ4v) is 3.41. The average Bonchev–Trinajstić information content (AvgIpc) is 2.73. The predicted molar refractivity (Wildman–Crippen MR) is 116 cm³/mol. The zero-order valence-corrected chi connectivity index (χ0v) is 17.5. The van der Waals surface area contributed by atoms with E-state index in [0.717, 1.165) is 11.1 Å². The number of rotatable bonds is 6. The molecule has 0 aliphatic carbocycles. The van der Waals surface area contributed by atoms with E-state index in [4.69, 9.17) is 0 Å². The van der Waals surface area contributed by atoms with Crippen molar-refractivity contribution in [2.24, 2.45) is 5.10 Å². The molecule has 3 rings (SSSR count). The van der Waals surface area contributed by atoms with Crippen LogP contribution in [0.25, 0.3) is 0 Å². The standard InChI is InChI=1S/C23H26N4O3/c1-16(19-10-7-11-20(14-19)24-17(2)28)27(15-18-8-5-4-6-9-18)23(30)21-12-13-22(29)26(3)25-21/h4-11,14,16H,12-13,15H2,1-3H3,(H,24,28). The number of anilines is 1. The summed E-state index contributed by atoms with van der Waals surface area (Å²) < 4.78 is 0. The lowest BCUT2D eigenvalue weighted by Crippen LogP contribution is -2.41. The Balaban J connectivity index is 1.93. The maximum absolute atomic E-state index is 13.4. The molecule has 1 aliphatic rings. The third kappa shape index (κ3) is 5.11. The van der Waals surface area contributed by atoms with Gasteiger partial charge >= 0.3 is 0 Å². The van der Waals surface area contributed by atoms with Gasteiger partial charge in [-0.25, -0.2) is 5.01 Å². The van der Waals surface area contributed by atoms with Crippen molar-refractivity contribution in [1.82, 2.24) is 9.91 Å². The van der Waals surface area contributed by atoms with E-state index in [1.807, 2.05) is 61.5 Å². The second kappa shape index (κ2) is 9.35. The molecule has 3 amide bonds. The topological polar surface area (TPSA) is 82.1 Å². The Morgan fingerprint density at radius 3 is 2.53 bits per heavy atom. The van der Waals surface area contributed by atoms with Gasteiger partial charge in [-0.1, -0.05) is 42.5 Å². The van der Waals surface area contributed by atoms with Gasteiger partial charge in [-0.3, -0.25) is 14.4 Å². The highest BCUT2D eigenvalue weighted by atomic mass is 16.2. The van der Waals surface area contributed by atoms with Gasteiger partial charge in [0.1, 0.15) is 5.71 Å². The Labute approximate surface area is 176 Å². The first kappa shape index (κ1) is 21.2. The summed E-state index contributed by atoms with van der Waals surface area (Å²) in [4.78, 5) is 38.4. The van der Waals surface area contributed by atoms with E-state index in [-0.39, 0.29) is 30.2 Å². The van der Waals surface area contributed by atoms with E-state index in [1.165, 1.54) is 11.9 Å². The Kier molecular flexibility index (Phi) is 6.61. The van der Waals surface area contributed by atoms with Crippen LogP contribution < -0.4 is 5.32 Å².